The Balaban J connectivity index is 1.70. The van der Waals surface area contributed by atoms with E-state index in [-0.39, 0.29) is 28.5 Å². The Morgan fingerprint density at radius 3 is 2.58 bits per heavy atom. The van der Waals surface area contributed by atoms with Gasteiger partial charge in [0.2, 0.25) is 5.91 Å². The van der Waals surface area contributed by atoms with Crippen LogP contribution in [0.4, 0.5) is 5.69 Å². The third kappa shape index (κ3) is 7.24. The predicted molar refractivity (Wildman–Crippen MR) is 155 cm³/mol. The van der Waals surface area contributed by atoms with E-state index in [0.717, 1.165) is 14.8 Å². The maximum absolute atomic E-state index is 12.7. The van der Waals surface area contributed by atoms with E-state index in [1.54, 1.807) is 25.1 Å². The van der Waals surface area contributed by atoms with Crippen LogP contribution in [0.25, 0.3) is 0 Å². The van der Waals surface area contributed by atoms with Gasteiger partial charge in [-0.25, -0.2) is 0 Å². The second-order valence-electron chi connectivity index (χ2n) is 8.28. The molecule has 3 aromatic rings. The van der Waals surface area contributed by atoms with Gasteiger partial charge in [0.05, 0.1) is 22.4 Å². The standard InChI is InChI=1S/C25H26Cl2IN5O2S/c1-5-10-33-23(15(4)29-24(35)18-8-6-16(26)11-20(18)27)31-32-25(33)36-13-22(34)30-21-9-7-17(28)12-19(21)14(2)3/h5-9,11-12,14-15H,1,10,13H2,2-4H3,(H,29,35)(H,30,34). The van der Waals surface area contributed by atoms with E-state index in [1.807, 2.05) is 16.7 Å². The van der Waals surface area contributed by atoms with Crippen molar-refractivity contribution in [2.24, 2.45) is 0 Å². The number of carbonyl (C=O) groups is 2. The van der Waals surface area contributed by atoms with Gasteiger partial charge in [-0.15, -0.1) is 16.8 Å². The molecule has 0 aliphatic carbocycles. The Labute approximate surface area is 238 Å². The normalized spacial score (nSPS) is 11.9. The van der Waals surface area contributed by atoms with Gasteiger partial charge in [0.1, 0.15) is 0 Å². The van der Waals surface area contributed by atoms with Gasteiger partial charge in [-0.2, -0.15) is 0 Å². The summed E-state index contributed by atoms with van der Waals surface area (Å²) in [6, 6.07) is 10.2. The SMILES string of the molecule is C=CCn1c(SCC(=O)Nc2ccc(I)cc2C(C)C)nnc1C(C)NC(=O)c1ccc(Cl)cc1Cl. The van der Waals surface area contributed by atoms with Gasteiger partial charge in [-0.05, 0) is 77.4 Å². The molecule has 2 amide bonds. The number of carbonyl (C=O) groups excluding carboxylic acids is 2. The molecule has 11 heteroatoms. The van der Waals surface area contributed by atoms with E-state index < -0.39 is 6.04 Å². The fourth-order valence-electron chi connectivity index (χ4n) is 3.48. The molecule has 0 saturated heterocycles. The van der Waals surface area contributed by atoms with E-state index in [0.29, 0.717) is 28.1 Å². The first-order valence-electron chi connectivity index (χ1n) is 11.1. The molecular weight excluding hydrogens is 632 g/mol. The van der Waals surface area contributed by atoms with Crippen molar-refractivity contribution in [2.45, 2.75) is 44.4 Å². The van der Waals surface area contributed by atoms with E-state index in [4.69, 9.17) is 23.2 Å². The zero-order valence-corrected chi connectivity index (χ0v) is 24.5. The van der Waals surface area contributed by atoms with Gasteiger partial charge in [-0.3, -0.25) is 9.59 Å². The monoisotopic (exact) mass is 657 g/mol. The number of halogens is 3. The maximum atomic E-state index is 12.7. The first-order valence-corrected chi connectivity index (χ1v) is 13.9. The molecule has 0 radical (unpaired) electrons. The number of nitrogens with one attached hydrogen (secondary N) is 2. The Morgan fingerprint density at radius 2 is 1.92 bits per heavy atom. The minimum absolute atomic E-state index is 0.142. The molecule has 3 rings (SSSR count). The summed E-state index contributed by atoms with van der Waals surface area (Å²) >= 11 is 15.6. The number of amides is 2. The molecule has 0 aliphatic heterocycles. The van der Waals surface area contributed by atoms with Crippen molar-refractivity contribution in [3.63, 3.8) is 0 Å². The van der Waals surface area contributed by atoms with E-state index in [9.17, 15) is 9.59 Å². The maximum Gasteiger partial charge on any atom is 0.253 e. The largest absolute Gasteiger partial charge is 0.342 e. The summed E-state index contributed by atoms with van der Waals surface area (Å²) in [6.07, 6.45) is 1.71. The van der Waals surface area contributed by atoms with Crippen LogP contribution in [0.15, 0.2) is 54.2 Å². The molecule has 1 heterocycles. The van der Waals surface area contributed by atoms with Gasteiger partial charge >= 0.3 is 0 Å². The summed E-state index contributed by atoms with van der Waals surface area (Å²) in [6.45, 7) is 10.2. The highest BCUT2D eigenvalue weighted by atomic mass is 127. The molecule has 1 unspecified atom stereocenters. The number of allylic oxidation sites excluding steroid dienone is 1. The fourth-order valence-corrected chi connectivity index (χ4v) is 5.25. The zero-order chi connectivity index (χ0) is 26.4. The molecule has 1 atom stereocenters. The third-order valence-corrected chi connectivity index (χ3v) is 7.40. The molecule has 0 spiro atoms. The topological polar surface area (TPSA) is 88.9 Å². The summed E-state index contributed by atoms with van der Waals surface area (Å²) in [7, 11) is 0. The molecule has 2 N–H and O–H groups in total. The van der Waals surface area contributed by atoms with Crippen LogP contribution in [0.5, 0.6) is 0 Å². The third-order valence-electron chi connectivity index (χ3n) is 5.21. The van der Waals surface area contributed by atoms with Crippen LogP contribution in [-0.4, -0.2) is 32.3 Å². The molecule has 190 valence electrons. The summed E-state index contributed by atoms with van der Waals surface area (Å²) in [5.41, 5.74) is 2.20. The lowest BCUT2D eigenvalue weighted by molar-refractivity contribution is -0.113. The minimum atomic E-state index is -0.472. The quantitative estimate of drug-likeness (QED) is 0.144. The molecule has 0 bridgehead atoms. The highest BCUT2D eigenvalue weighted by molar-refractivity contribution is 14.1. The van der Waals surface area contributed by atoms with Gasteiger partial charge < -0.3 is 15.2 Å². The molecule has 0 fully saturated rings. The van der Waals surface area contributed by atoms with Crippen molar-refractivity contribution < 1.29 is 9.59 Å². The molecule has 0 saturated carbocycles. The highest BCUT2D eigenvalue weighted by Gasteiger charge is 2.22. The van der Waals surface area contributed by atoms with Crippen molar-refractivity contribution in [3.8, 4) is 0 Å². The van der Waals surface area contributed by atoms with Gasteiger partial charge in [0.25, 0.3) is 5.91 Å². The van der Waals surface area contributed by atoms with Crippen LogP contribution >= 0.6 is 57.6 Å². The summed E-state index contributed by atoms with van der Waals surface area (Å²) in [5, 5.41) is 15.7. The molecule has 7 nitrogen and oxygen atoms in total. The van der Waals surface area contributed by atoms with Gasteiger partial charge in [-0.1, -0.05) is 54.9 Å². The molecular formula is C25H26Cl2IN5O2S. The van der Waals surface area contributed by atoms with Crippen molar-refractivity contribution in [2.75, 3.05) is 11.1 Å². The summed E-state index contributed by atoms with van der Waals surface area (Å²) in [5.74, 6) is 0.470. The van der Waals surface area contributed by atoms with Crippen LogP contribution in [-0.2, 0) is 11.3 Å². The number of anilines is 1. The van der Waals surface area contributed by atoms with Crippen molar-refractivity contribution in [1.29, 1.82) is 0 Å². The lowest BCUT2D eigenvalue weighted by Crippen LogP contribution is -2.29. The summed E-state index contributed by atoms with van der Waals surface area (Å²) < 4.78 is 2.94. The van der Waals surface area contributed by atoms with Crippen LogP contribution in [0, 0.1) is 3.57 Å². The molecule has 2 aromatic carbocycles. The molecule has 36 heavy (non-hydrogen) atoms. The average Bonchev–Trinajstić information content (AvgIpc) is 3.21. The van der Waals surface area contributed by atoms with E-state index in [2.05, 4.69) is 69.9 Å². The number of thioether (sulfide) groups is 1. The number of benzene rings is 2. The van der Waals surface area contributed by atoms with Crippen LogP contribution in [0.3, 0.4) is 0 Å². The lowest BCUT2D eigenvalue weighted by atomic mass is 10.0. The van der Waals surface area contributed by atoms with Crippen molar-refractivity contribution in [1.82, 2.24) is 20.1 Å². The van der Waals surface area contributed by atoms with E-state index in [1.165, 1.54) is 17.8 Å². The molecule has 1 aromatic heterocycles. The van der Waals surface area contributed by atoms with E-state index >= 15 is 0 Å². The summed E-state index contributed by atoms with van der Waals surface area (Å²) in [4.78, 5) is 25.5. The van der Waals surface area contributed by atoms with Crippen LogP contribution in [0.2, 0.25) is 10.0 Å². The van der Waals surface area contributed by atoms with Gasteiger partial charge in [0.15, 0.2) is 11.0 Å². The lowest BCUT2D eigenvalue weighted by Gasteiger charge is -2.16. The Morgan fingerprint density at radius 1 is 1.17 bits per heavy atom. The second kappa shape index (κ2) is 12.9. The number of nitrogens with zero attached hydrogens (tertiary/aromatic N) is 3. The Kier molecular flexibility index (Phi) is 10.2. The number of rotatable bonds is 10. The number of aromatic nitrogens is 3. The smallest absolute Gasteiger partial charge is 0.253 e. The number of hydrogen-bond donors (Lipinski definition) is 2. The zero-order valence-electron chi connectivity index (χ0n) is 20.0. The van der Waals surface area contributed by atoms with Crippen LogP contribution < -0.4 is 10.6 Å². The molecule has 0 aliphatic rings. The second-order valence-corrected chi connectivity index (χ2v) is 11.3. The highest BCUT2D eigenvalue weighted by Crippen LogP contribution is 2.27. The van der Waals surface area contributed by atoms with Crippen LogP contribution in [0.1, 0.15) is 54.5 Å². The average molecular weight is 658 g/mol. The van der Waals surface area contributed by atoms with Crippen molar-refractivity contribution in [3.05, 3.63) is 79.6 Å². The Bertz CT molecular complexity index is 1280. The first-order chi connectivity index (χ1) is 17.1. The first kappa shape index (κ1) is 28.5. The van der Waals surface area contributed by atoms with Crippen molar-refractivity contribution >= 4 is 75.1 Å². The number of hydrogen-bond acceptors (Lipinski definition) is 5. The minimum Gasteiger partial charge on any atom is -0.342 e. The Hall–Kier alpha value is -2.08. The van der Waals surface area contributed by atoms with Gasteiger partial charge in [0, 0.05) is 20.8 Å². The fraction of sp³-hybridized carbons (Fsp3) is 0.280. The predicted octanol–water partition coefficient (Wildman–Crippen LogP) is 6.72.